The van der Waals surface area contributed by atoms with E-state index in [0.29, 0.717) is 12.5 Å². The van der Waals surface area contributed by atoms with Gasteiger partial charge in [0.2, 0.25) is 0 Å². The molecular weight excluding hydrogens is 182 g/mol. The van der Waals surface area contributed by atoms with Crippen LogP contribution in [0, 0.1) is 11.3 Å². The Hall–Kier alpha value is 0.270. The van der Waals surface area contributed by atoms with Crippen LogP contribution < -0.4 is 5.73 Å². The fraction of sp³-hybridized carbons (Fsp3) is 1.00. The van der Waals surface area contributed by atoms with Crippen molar-refractivity contribution < 1.29 is 5.11 Å². The van der Waals surface area contributed by atoms with Gasteiger partial charge in [0.15, 0.2) is 0 Å². The van der Waals surface area contributed by atoms with E-state index in [2.05, 4.69) is 6.26 Å². The molecule has 0 heterocycles. The quantitative estimate of drug-likeness (QED) is 0.616. The van der Waals surface area contributed by atoms with Crippen molar-refractivity contribution in [2.24, 2.45) is 17.1 Å². The molecule has 0 bridgehead atoms. The van der Waals surface area contributed by atoms with Gasteiger partial charge < -0.3 is 10.8 Å². The summed E-state index contributed by atoms with van der Waals surface area (Å²) in [7, 11) is 0. The van der Waals surface area contributed by atoms with Crippen molar-refractivity contribution in [1.82, 2.24) is 0 Å². The number of hydrogen-bond donors (Lipinski definition) is 2. The standard InChI is InChI=1S/C10H21NOS/c1-13-6-2-5-10(7-11,8-12)9-3-4-9/h9,12H,2-8,11H2,1H3. The van der Waals surface area contributed by atoms with Crippen molar-refractivity contribution in [3.8, 4) is 0 Å². The maximum absolute atomic E-state index is 9.40. The van der Waals surface area contributed by atoms with Gasteiger partial charge in [0, 0.05) is 12.0 Å². The normalized spacial score (nSPS) is 21.5. The lowest BCUT2D eigenvalue weighted by Crippen LogP contribution is -2.36. The largest absolute Gasteiger partial charge is 0.396 e. The van der Waals surface area contributed by atoms with Crippen molar-refractivity contribution in [2.45, 2.75) is 25.7 Å². The van der Waals surface area contributed by atoms with E-state index in [1.54, 1.807) is 0 Å². The van der Waals surface area contributed by atoms with Crippen molar-refractivity contribution >= 4 is 11.8 Å². The van der Waals surface area contributed by atoms with Crippen LogP contribution in [0.25, 0.3) is 0 Å². The zero-order valence-electron chi connectivity index (χ0n) is 8.46. The van der Waals surface area contributed by atoms with Crippen LogP contribution >= 0.6 is 11.8 Å². The second-order valence-electron chi connectivity index (χ2n) is 4.10. The molecule has 1 atom stereocenters. The van der Waals surface area contributed by atoms with Gasteiger partial charge in [-0.2, -0.15) is 11.8 Å². The monoisotopic (exact) mass is 203 g/mol. The molecule has 0 aliphatic heterocycles. The molecule has 0 saturated heterocycles. The van der Waals surface area contributed by atoms with Gasteiger partial charge in [0.25, 0.3) is 0 Å². The Bertz CT molecular complexity index is 144. The second kappa shape index (κ2) is 5.23. The summed E-state index contributed by atoms with van der Waals surface area (Å²) in [5.74, 6) is 1.90. The van der Waals surface area contributed by atoms with Crippen molar-refractivity contribution in [3.05, 3.63) is 0 Å². The number of rotatable bonds is 7. The Balaban J connectivity index is 2.35. The molecule has 3 N–H and O–H groups in total. The van der Waals surface area contributed by atoms with Gasteiger partial charge in [-0.15, -0.1) is 0 Å². The van der Waals surface area contributed by atoms with E-state index >= 15 is 0 Å². The molecule has 0 radical (unpaired) electrons. The minimum Gasteiger partial charge on any atom is -0.396 e. The second-order valence-corrected chi connectivity index (χ2v) is 5.08. The fourth-order valence-corrected chi connectivity index (χ4v) is 2.44. The first-order valence-corrected chi connectivity index (χ1v) is 6.48. The van der Waals surface area contributed by atoms with E-state index in [1.807, 2.05) is 11.8 Å². The highest BCUT2D eigenvalue weighted by atomic mass is 32.2. The summed E-state index contributed by atoms with van der Waals surface area (Å²) in [6.07, 6.45) is 6.97. The van der Waals surface area contributed by atoms with E-state index in [0.717, 1.165) is 6.42 Å². The summed E-state index contributed by atoms with van der Waals surface area (Å²) >= 11 is 1.87. The summed E-state index contributed by atoms with van der Waals surface area (Å²) in [5.41, 5.74) is 5.84. The Morgan fingerprint density at radius 2 is 2.23 bits per heavy atom. The van der Waals surface area contributed by atoms with Crippen LogP contribution in [0.2, 0.25) is 0 Å². The lowest BCUT2D eigenvalue weighted by Gasteiger charge is -2.30. The lowest BCUT2D eigenvalue weighted by molar-refractivity contribution is 0.0988. The molecule has 3 heteroatoms. The van der Waals surface area contributed by atoms with Gasteiger partial charge in [-0.05, 0) is 43.6 Å². The van der Waals surface area contributed by atoms with Gasteiger partial charge in [0.05, 0.1) is 6.61 Å². The Morgan fingerprint density at radius 1 is 1.54 bits per heavy atom. The average Bonchev–Trinajstić information content (AvgIpc) is 2.97. The molecular formula is C10H21NOS. The third kappa shape index (κ3) is 2.86. The van der Waals surface area contributed by atoms with Crippen LogP contribution in [-0.4, -0.2) is 30.3 Å². The highest BCUT2D eigenvalue weighted by Crippen LogP contribution is 2.47. The maximum atomic E-state index is 9.40. The van der Waals surface area contributed by atoms with E-state index in [-0.39, 0.29) is 12.0 Å². The van der Waals surface area contributed by atoms with Crippen LogP contribution in [0.3, 0.4) is 0 Å². The van der Waals surface area contributed by atoms with Crippen molar-refractivity contribution in [1.29, 1.82) is 0 Å². The summed E-state index contributed by atoms with van der Waals surface area (Å²) in [6, 6.07) is 0. The van der Waals surface area contributed by atoms with Gasteiger partial charge in [0.1, 0.15) is 0 Å². The van der Waals surface area contributed by atoms with E-state index < -0.39 is 0 Å². The van der Waals surface area contributed by atoms with Crippen molar-refractivity contribution in [3.63, 3.8) is 0 Å². The zero-order chi connectivity index (χ0) is 9.73. The minimum atomic E-state index is 0.0652. The summed E-state index contributed by atoms with van der Waals surface area (Å²) in [4.78, 5) is 0. The van der Waals surface area contributed by atoms with Gasteiger partial charge in [-0.25, -0.2) is 0 Å². The fourth-order valence-electron chi connectivity index (χ4n) is 2.01. The number of aliphatic hydroxyl groups is 1. The van der Waals surface area contributed by atoms with Crippen LogP contribution in [0.4, 0.5) is 0 Å². The first-order valence-electron chi connectivity index (χ1n) is 5.09. The molecule has 1 aliphatic rings. The van der Waals surface area contributed by atoms with E-state index in [1.165, 1.54) is 25.0 Å². The molecule has 0 aromatic carbocycles. The molecule has 1 rings (SSSR count). The number of aliphatic hydroxyl groups excluding tert-OH is 1. The van der Waals surface area contributed by atoms with Crippen LogP contribution in [0.15, 0.2) is 0 Å². The molecule has 0 aromatic heterocycles. The number of nitrogens with two attached hydrogens (primary N) is 1. The summed E-state index contributed by atoms with van der Waals surface area (Å²) in [6.45, 7) is 0.936. The molecule has 0 amide bonds. The number of hydrogen-bond acceptors (Lipinski definition) is 3. The van der Waals surface area contributed by atoms with Crippen LogP contribution in [0.1, 0.15) is 25.7 Å². The summed E-state index contributed by atoms with van der Waals surface area (Å²) < 4.78 is 0. The average molecular weight is 203 g/mol. The van der Waals surface area contributed by atoms with E-state index in [4.69, 9.17) is 5.73 Å². The Labute approximate surface area is 85.3 Å². The van der Waals surface area contributed by atoms with Crippen LogP contribution in [-0.2, 0) is 0 Å². The molecule has 1 unspecified atom stereocenters. The predicted molar refractivity (Wildman–Crippen MR) is 58.9 cm³/mol. The Morgan fingerprint density at radius 3 is 2.62 bits per heavy atom. The molecule has 0 aromatic rings. The van der Waals surface area contributed by atoms with Gasteiger partial charge in [-0.3, -0.25) is 0 Å². The van der Waals surface area contributed by atoms with Gasteiger partial charge >= 0.3 is 0 Å². The number of thioether (sulfide) groups is 1. The predicted octanol–water partition coefficient (Wildman–Crippen LogP) is 1.48. The first-order chi connectivity index (χ1) is 6.29. The molecule has 1 fully saturated rings. The molecule has 0 spiro atoms. The summed E-state index contributed by atoms with van der Waals surface area (Å²) in [5, 5.41) is 9.40. The lowest BCUT2D eigenvalue weighted by atomic mass is 9.79. The van der Waals surface area contributed by atoms with E-state index in [9.17, 15) is 5.11 Å². The third-order valence-electron chi connectivity index (χ3n) is 3.19. The highest BCUT2D eigenvalue weighted by molar-refractivity contribution is 7.98. The van der Waals surface area contributed by atoms with Crippen molar-refractivity contribution in [2.75, 3.05) is 25.2 Å². The van der Waals surface area contributed by atoms with Gasteiger partial charge in [-0.1, -0.05) is 0 Å². The molecule has 2 nitrogen and oxygen atoms in total. The first kappa shape index (κ1) is 11.3. The maximum Gasteiger partial charge on any atom is 0.0502 e. The van der Waals surface area contributed by atoms with Crippen LogP contribution in [0.5, 0.6) is 0 Å². The third-order valence-corrected chi connectivity index (χ3v) is 3.88. The zero-order valence-corrected chi connectivity index (χ0v) is 9.28. The minimum absolute atomic E-state index is 0.0652. The Kier molecular flexibility index (Phi) is 4.56. The molecule has 1 saturated carbocycles. The molecule has 13 heavy (non-hydrogen) atoms. The molecule has 1 aliphatic carbocycles. The topological polar surface area (TPSA) is 46.2 Å². The smallest absolute Gasteiger partial charge is 0.0502 e. The molecule has 78 valence electrons. The highest BCUT2D eigenvalue weighted by Gasteiger charge is 2.43. The SMILES string of the molecule is CSCCCC(CN)(CO)C1CC1.